The summed E-state index contributed by atoms with van der Waals surface area (Å²) in [5, 5.41) is 16.5. The topological polar surface area (TPSA) is 85.1 Å². The van der Waals surface area contributed by atoms with Crippen LogP contribution in [0.5, 0.6) is 0 Å². The third kappa shape index (κ3) is 4.28. The lowest BCUT2D eigenvalue weighted by Crippen LogP contribution is -2.25. The number of thiophene rings is 1. The Labute approximate surface area is 152 Å². The average molecular weight is 373 g/mol. The van der Waals surface area contributed by atoms with Crippen LogP contribution in [0, 0.1) is 17.0 Å². The van der Waals surface area contributed by atoms with Crippen LogP contribution in [0.25, 0.3) is 10.6 Å². The SMILES string of the molecule is Cc1nc(-c2ccc(CCNC(=O)c3ccc([N+](=O)[O-])cc3)s2)cs1. The molecule has 8 heteroatoms. The smallest absolute Gasteiger partial charge is 0.269 e. The predicted octanol–water partition coefficient (Wildman–Crippen LogP) is 4.06. The molecule has 0 bridgehead atoms. The number of amides is 1. The number of nitrogens with one attached hydrogen (secondary N) is 1. The molecule has 0 saturated heterocycles. The molecule has 0 aliphatic rings. The van der Waals surface area contributed by atoms with Crippen molar-refractivity contribution in [2.24, 2.45) is 0 Å². The Morgan fingerprint density at radius 1 is 1.24 bits per heavy atom. The highest BCUT2D eigenvalue weighted by molar-refractivity contribution is 7.16. The van der Waals surface area contributed by atoms with Gasteiger partial charge in [0.25, 0.3) is 11.6 Å². The number of carbonyl (C=O) groups excluding carboxylic acids is 1. The molecule has 2 heterocycles. The van der Waals surface area contributed by atoms with Crippen molar-refractivity contribution in [1.29, 1.82) is 0 Å². The lowest BCUT2D eigenvalue weighted by Gasteiger charge is -2.04. The van der Waals surface area contributed by atoms with Crippen molar-refractivity contribution in [3.05, 3.63) is 67.3 Å². The average Bonchev–Trinajstić information content (AvgIpc) is 3.23. The fraction of sp³-hybridized carbons (Fsp3) is 0.176. The van der Waals surface area contributed by atoms with Gasteiger partial charge in [0.05, 0.1) is 20.5 Å². The number of hydrogen-bond donors (Lipinski definition) is 1. The van der Waals surface area contributed by atoms with E-state index in [1.807, 2.05) is 24.4 Å². The molecule has 2 aromatic heterocycles. The third-order valence-corrected chi connectivity index (χ3v) is 5.47. The molecule has 3 aromatic rings. The van der Waals surface area contributed by atoms with Crippen LogP contribution in [0.1, 0.15) is 20.2 Å². The van der Waals surface area contributed by atoms with Gasteiger partial charge in [-0.2, -0.15) is 0 Å². The summed E-state index contributed by atoms with van der Waals surface area (Å²) in [6, 6.07) is 9.68. The summed E-state index contributed by atoms with van der Waals surface area (Å²) >= 11 is 3.30. The zero-order valence-corrected chi connectivity index (χ0v) is 15.0. The van der Waals surface area contributed by atoms with E-state index in [0.717, 1.165) is 22.0 Å². The van der Waals surface area contributed by atoms with E-state index in [9.17, 15) is 14.9 Å². The maximum atomic E-state index is 12.1. The highest BCUT2D eigenvalue weighted by Crippen LogP contribution is 2.29. The van der Waals surface area contributed by atoms with E-state index in [4.69, 9.17) is 0 Å². The molecule has 0 radical (unpaired) electrons. The van der Waals surface area contributed by atoms with Crippen molar-refractivity contribution in [2.75, 3.05) is 6.54 Å². The van der Waals surface area contributed by atoms with Crippen molar-refractivity contribution in [3.8, 4) is 10.6 Å². The molecule has 0 aliphatic heterocycles. The molecule has 6 nitrogen and oxygen atoms in total. The quantitative estimate of drug-likeness (QED) is 0.521. The molecule has 0 unspecified atom stereocenters. The van der Waals surface area contributed by atoms with Gasteiger partial charge in [0.2, 0.25) is 0 Å². The van der Waals surface area contributed by atoms with Crippen molar-refractivity contribution >= 4 is 34.3 Å². The minimum atomic E-state index is -0.486. The zero-order valence-electron chi connectivity index (χ0n) is 13.4. The molecule has 25 heavy (non-hydrogen) atoms. The fourth-order valence-corrected chi connectivity index (χ4v) is 3.92. The Morgan fingerprint density at radius 3 is 2.64 bits per heavy atom. The van der Waals surface area contributed by atoms with E-state index in [1.54, 1.807) is 22.7 Å². The molecule has 0 spiro atoms. The number of aromatic nitrogens is 1. The number of nitrogens with zero attached hydrogens (tertiary/aromatic N) is 2. The molecule has 0 saturated carbocycles. The number of non-ortho nitro benzene ring substituents is 1. The van der Waals surface area contributed by atoms with E-state index in [0.29, 0.717) is 12.1 Å². The second-order valence-electron chi connectivity index (χ2n) is 5.33. The van der Waals surface area contributed by atoms with Gasteiger partial charge in [-0.05, 0) is 37.6 Å². The second-order valence-corrected chi connectivity index (χ2v) is 7.56. The van der Waals surface area contributed by atoms with Crippen LogP contribution < -0.4 is 5.32 Å². The minimum absolute atomic E-state index is 0.0278. The van der Waals surface area contributed by atoms with Gasteiger partial charge in [-0.1, -0.05) is 0 Å². The van der Waals surface area contributed by atoms with Gasteiger partial charge in [-0.25, -0.2) is 4.98 Å². The Morgan fingerprint density at radius 2 is 2.00 bits per heavy atom. The summed E-state index contributed by atoms with van der Waals surface area (Å²) in [7, 11) is 0. The first-order valence-electron chi connectivity index (χ1n) is 7.57. The van der Waals surface area contributed by atoms with Crippen LogP contribution in [0.15, 0.2) is 41.8 Å². The largest absolute Gasteiger partial charge is 0.352 e. The second kappa shape index (κ2) is 7.54. The van der Waals surface area contributed by atoms with Gasteiger partial charge < -0.3 is 5.32 Å². The molecule has 0 atom stereocenters. The first-order valence-corrected chi connectivity index (χ1v) is 9.26. The lowest BCUT2D eigenvalue weighted by molar-refractivity contribution is -0.384. The summed E-state index contributed by atoms with van der Waals surface area (Å²) < 4.78 is 0. The van der Waals surface area contributed by atoms with E-state index in [1.165, 1.54) is 29.1 Å². The Kier molecular flexibility index (Phi) is 5.20. The number of rotatable bonds is 6. The molecule has 128 valence electrons. The van der Waals surface area contributed by atoms with Crippen LogP contribution in [0.4, 0.5) is 5.69 Å². The van der Waals surface area contributed by atoms with Crippen molar-refractivity contribution in [1.82, 2.24) is 10.3 Å². The van der Waals surface area contributed by atoms with Crippen molar-refractivity contribution in [2.45, 2.75) is 13.3 Å². The van der Waals surface area contributed by atoms with Crippen LogP contribution in [0.2, 0.25) is 0 Å². The summed E-state index contributed by atoms with van der Waals surface area (Å²) in [6.45, 7) is 2.49. The standard InChI is InChI=1S/C17H15N3O3S2/c1-11-19-15(10-24-11)16-7-6-14(25-16)8-9-18-17(21)12-2-4-13(5-3-12)20(22)23/h2-7,10H,8-9H2,1H3,(H,18,21). The molecular formula is C17H15N3O3S2. The van der Waals surface area contributed by atoms with Crippen LogP contribution in [-0.2, 0) is 6.42 Å². The Bertz CT molecular complexity index is 900. The molecule has 1 amide bonds. The van der Waals surface area contributed by atoms with Gasteiger partial charge >= 0.3 is 0 Å². The van der Waals surface area contributed by atoms with Crippen LogP contribution in [0.3, 0.4) is 0 Å². The monoisotopic (exact) mass is 373 g/mol. The van der Waals surface area contributed by atoms with Gasteiger partial charge in [0, 0.05) is 34.5 Å². The van der Waals surface area contributed by atoms with Crippen LogP contribution in [-0.4, -0.2) is 22.4 Å². The number of aryl methyl sites for hydroxylation is 1. The van der Waals surface area contributed by atoms with Crippen molar-refractivity contribution in [3.63, 3.8) is 0 Å². The maximum Gasteiger partial charge on any atom is 0.269 e. The number of hydrogen-bond acceptors (Lipinski definition) is 6. The Balaban J connectivity index is 1.53. The minimum Gasteiger partial charge on any atom is -0.352 e. The number of carbonyl (C=O) groups is 1. The molecule has 1 N–H and O–H groups in total. The zero-order chi connectivity index (χ0) is 17.8. The van der Waals surface area contributed by atoms with Crippen LogP contribution >= 0.6 is 22.7 Å². The van der Waals surface area contributed by atoms with E-state index >= 15 is 0 Å². The Hall–Kier alpha value is -2.58. The van der Waals surface area contributed by atoms with Gasteiger partial charge in [-0.15, -0.1) is 22.7 Å². The number of nitro groups is 1. The molecule has 3 rings (SSSR count). The normalized spacial score (nSPS) is 10.6. The van der Waals surface area contributed by atoms with Gasteiger partial charge in [-0.3, -0.25) is 14.9 Å². The summed E-state index contributed by atoms with van der Waals surface area (Å²) in [5.74, 6) is -0.234. The molecule has 1 aromatic carbocycles. The third-order valence-electron chi connectivity index (χ3n) is 3.53. The highest BCUT2D eigenvalue weighted by atomic mass is 32.1. The predicted molar refractivity (Wildman–Crippen MR) is 99.3 cm³/mol. The lowest BCUT2D eigenvalue weighted by atomic mass is 10.2. The summed E-state index contributed by atoms with van der Waals surface area (Å²) in [5.41, 5.74) is 1.38. The summed E-state index contributed by atoms with van der Waals surface area (Å²) in [4.78, 5) is 29.0. The van der Waals surface area contributed by atoms with Gasteiger partial charge in [0.1, 0.15) is 0 Å². The molecular weight excluding hydrogens is 358 g/mol. The number of benzene rings is 1. The van der Waals surface area contributed by atoms with E-state index < -0.39 is 4.92 Å². The highest BCUT2D eigenvalue weighted by Gasteiger charge is 2.10. The number of nitro benzene ring substituents is 1. The van der Waals surface area contributed by atoms with E-state index in [2.05, 4.69) is 10.3 Å². The van der Waals surface area contributed by atoms with Crippen molar-refractivity contribution < 1.29 is 9.72 Å². The van der Waals surface area contributed by atoms with Gasteiger partial charge in [0.15, 0.2) is 0 Å². The van der Waals surface area contributed by atoms with E-state index in [-0.39, 0.29) is 11.6 Å². The molecule has 0 aliphatic carbocycles. The fourth-order valence-electron chi connectivity index (χ4n) is 2.26. The summed E-state index contributed by atoms with van der Waals surface area (Å²) in [6.07, 6.45) is 0.729. The molecule has 0 fully saturated rings. The first kappa shape index (κ1) is 17.2. The first-order chi connectivity index (χ1) is 12.0. The number of thiazole rings is 1. The maximum absolute atomic E-state index is 12.1.